The lowest BCUT2D eigenvalue weighted by atomic mass is 10.1. The molecule has 24 heavy (non-hydrogen) atoms. The summed E-state index contributed by atoms with van der Waals surface area (Å²) in [6, 6.07) is 15.6. The minimum absolute atomic E-state index is 0.0772. The predicted octanol–water partition coefficient (Wildman–Crippen LogP) is 3.30. The molecule has 2 aromatic rings. The van der Waals surface area contributed by atoms with E-state index in [9.17, 15) is 9.59 Å². The van der Waals surface area contributed by atoms with Gasteiger partial charge in [-0.15, -0.1) is 0 Å². The molecule has 1 N–H and O–H groups in total. The SMILES string of the molecule is CC[C@@H](C)NC(=O)c1ccc2c(c1)CC(=O)N2Cc1ccccc1. The van der Waals surface area contributed by atoms with Crippen molar-refractivity contribution < 1.29 is 9.59 Å². The maximum absolute atomic E-state index is 12.4. The quantitative estimate of drug-likeness (QED) is 0.918. The lowest BCUT2D eigenvalue weighted by molar-refractivity contribution is -0.117. The summed E-state index contributed by atoms with van der Waals surface area (Å²) < 4.78 is 0. The van der Waals surface area contributed by atoms with Gasteiger partial charge >= 0.3 is 0 Å². The van der Waals surface area contributed by atoms with E-state index in [2.05, 4.69) is 5.32 Å². The first kappa shape index (κ1) is 16.2. The maximum atomic E-state index is 12.4. The Balaban J connectivity index is 1.80. The van der Waals surface area contributed by atoms with Crippen molar-refractivity contribution in [3.8, 4) is 0 Å². The van der Waals surface area contributed by atoms with E-state index in [1.165, 1.54) is 0 Å². The molecule has 1 heterocycles. The average molecular weight is 322 g/mol. The van der Waals surface area contributed by atoms with E-state index in [1.54, 1.807) is 11.0 Å². The molecule has 1 aliphatic heterocycles. The van der Waals surface area contributed by atoms with E-state index in [4.69, 9.17) is 0 Å². The van der Waals surface area contributed by atoms with Gasteiger partial charge in [0.2, 0.25) is 5.91 Å². The summed E-state index contributed by atoms with van der Waals surface area (Å²) in [5, 5.41) is 2.96. The fraction of sp³-hybridized carbons (Fsp3) is 0.300. The van der Waals surface area contributed by atoms with Crippen molar-refractivity contribution in [3.05, 3.63) is 65.2 Å². The highest BCUT2D eigenvalue weighted by Crippen LogP contribution is 2.31. The Labute approximate surface area is 142 Å². The van der Waals surface area contributed by atoms with Gasteiger partial charge in [-0.05, 0) is 42.7 Å². The van der Waals surface area contributed by atoms with Gasteiger partial charge in [0.1, 0.15) is 0 Å². The molecular weight excluding hydrogens is 300 g/mol. The molecule has 0 saturated heterocycles. The summed E-state index contributed by atoms with van der Waals surface area (Å²) in [5.74, 6) is -0.00514. The minimum atomic E-state index is -0.0823. The lowest BCUT2D eigenvalue weighted by Crippen LogP contribution is -2.31. The third kappa shape index (κ3) is 3.32. The number of benzene rings is 2. The molecule has 4 nitrogen and oxygen atoms in total. The highest BCUT2D eigenvalue weighted by Gasteiger charge is 2.28. The zero-order chi connectivity index (χ0) is 17.1. The molecule has 0 spiro atoms. The van der Waals surface area contributed by atoms with Gasteiger partial charge in [-0.2, -0.15) is 0 Å². The van der Waals surface area contributed by atoms with Gasteiger partial charge in [-0.3, -0.25) is 9.59 Å². The molecule has 0 aromatic heterocycles. The van der Waals surface area contributed by atoms with Gasteiger partial charge in [0.25, 0.3) is 5.91 Å². The predicted molar refractivity (Wildman–Crippen MR) is 95.0 cm³/mol. The standard InChI is InChI=1S/C20H22N2O2/c1-3-14(2)21-20(24)16-9-10-18-17(11-16)12-19(23)22(18)13-15-7-5-4-6-8-15/h4-11,14H,3,12-13H2,1-2H3,(H,21,24)/t14-/m1/s1. The number of hydrogen-bond acceptors (Lipinski definition) is 2. The molecular formula is C20H22N2O2. The number of nitrogens with zero attached hydrogens (tertiary/aromatic N) is 1. The summed E-state index contributed by atoms with van der Waals surface area (Å²) in [6.45, 7) is 4.58. The van der Waals surface area contributed by atoms with Crippen LogP contribution in [0.25, 0.3) is 0 Å². The molecule has 2 aromatic carbocycles. The Morgan fingerprint density at radius 1 is 1.21 bits per heavy atom. The maximum Gasteiger partial charge on any atom is 0.251 e. The highest BCUT2D eigenvalue weighted by molar-refractivity contribution is 6.03. The van der Waals surface area contributed by atoms with Crippen LogP contribution in [0, 0.1) is 0 Å². The van der Waals surface area contributed by atoms with E-state index >= 15 is 0 Å². The largest absolute Gasteiger partial charge is 0.350 e. The number of carbonyl (C=O) groups excluding carboxylic acids is 2. The van der Waals surface area contributed by atoms with Crippen molar-refractivity contribution in [3.63, 3.8) is 0 Å². The van der Waals surface area contributed by atoms with E-state index in [0.717, 1.165) is 23.2 Å². The fourth-order valence-electron chi connectivity index (χ4n) is 2.87. The Bertz CT molecular complexity index is 755. The Morgan fingerprint density at radius 3 is 2.67 bits per heavy atom. The average Bonchev–Trinajstić information content (AvgIpc) is 2.90. The molecule has 4 heteroatoms. The number of nitrogens with one attached hydrogen (secondary N) is 1. The molecule has 0 bridgehead atoms. The van der Waals surface area contributed by atoms with Crippen molar-refractivity contribution in [1.82, 2.24) is 5.32 Å². The van der Waals surface area contributed by atoms with Crippen LogP contribution in [0.4, 0.5) is 5.69 Å². The second kappa shape index (κ2) is 6.87. The van der Waals surface area contributed by atoms with Crippen LogP contribution in [-0.2, 0) is 17.8 Å². The van der Waals surface area contributed by atoms with Crippen molar-refractivity contribution >= 4 is 17.5 Å². The molecule has 0 aliphatic carbocycles. The summed E-state index contributed by atoms with van der Waals surface area (Å²) >= 11 is 0. The van der Waals surface area contributed by atoms with Crippen LogP contribution in [0.2, 0.25) is 0 Å². The fourth-order valence-corrected chi connectivity index (χ4v) is 2.87. The Hall–Kier alpha value is -2.62. The summed E-state index contributed by atoms with van der Waals surface area (Å²) in [6.07, 6.45) is 1.24. The number of anilines is 1. The molecule has 0 radical (unpaired) electrons. The molecule has 124 valence electrons. The summed E-state index contributed by atoms with van der Waals surface area (Å²) in [7, 11) is 0. The van der Waals surface area contributed by atoms with Gasteiger partial charge in [0.05, 0.1) is 13.0 Å². The van der Waals surface area contributed by atoms with Crippen LogP contribution in [-0.4, -0.2) is 17.9 Å². The second-order valence-electron chi connectivity index (χ2n) is 6.27. The third-order valence-electron chi connectivity index (χ3n) is 4.45. The van der Waals surface area contributed by atoms with Gasteiger partial charge in [-0.25, -0.2) is 0 Å². The van der Waals surface area contributed by atoms with Crippen LogP contribution in [0.1, 0.15) is 41.8 Å². The van der Waals surface area contributed by atoms with Crippen LogP contribution in [0.5, 0.6) is 0 Å². The van der Waals surface area contributed by atoms with Crippen molar-refractivity contribution in [1.29, 1.82) is 0 Å². The molecule has 0 fully saturated rings. The van der Waals surface area contributed by atoms with Crippen LogP contribution < -0.4 is 10.2 Å². The first-order valence-electron chi connectivity index (χ1n) is 8.36. The minimum Gasteiger partial charge on any atom is -0.350 e. The molecule has 0 saturated carbocycles. The van der Waals surface area contributed by atoms with E-state index < -0.39 is 0 Å². The van der Waals surface area contributed by atoms with Gasteiger partial charge < -0.3 is 10.2 Å². The molecule has 2 amide bonds. The topological polar surface area (TPSA) is 49.4 Å². The number of amides is 2. The molecule has 3 rings (SSSR count). The lowest BCUT2D eigenvalue weighted by Gasteiger charge is -2.18. The van der Waals surface area contributed by atoms with E-state index in [0.29, 0.717) is 18.5 Å². The van der Waals surface area contributed by atoms with Gasteiger partial charge in [0.15, 0.2) is 0 Å². The second-order valence-corrected chi connectivity index (χ2v) is 6.27. The summed E-state index contributed by atoms with van der Waals surface area (Å²) in [5.41, 5.74) is 3.54. The van der Waals surface area contributed by atoms with Crippen LogP contribution in [0.15, 0.2) is 48.5 Å². The molecule has 1 atom stereocenters. The third-order valence-corrected chi connectivity index (χ3v) is 4.45. The number of rotatable bonds is 5. The first-order valence-corrected chi connectivity index (χ1v) is 8.36. The molecule has 0 unspecified atom stereocenters. The monoisotopic (exact) mass is 322 g/mol. The van der Waals surface area contributed by atoms with Crippen molar-refractivity contribution in [2.45, 2.75) is 39.3 Å². The zero-order valence-corrected chi connectivity index (χ0v) is 14.1. The van der Waals surface area contributed by atoms with Crippen LogP contribution >= 0.6 is 0 Å². The summed E-state index contributed by atoms with van der Waals surface area (Å²) in [4.78, 5) is 26.4. The van der Waals surface area contributed by atoms with Gasteiger partial charge in [0, 0.05) is 17.3 Å². The van der Waals surface area contributed by atoms with Crippen molar-refractivity contribution in [2.24, 2.45) is 0 Å². The zero-order valence-electron chi connectivity index (χ0n) is 14.1. The number of fused-ring (bicyclic) bond motifs is 1. The van der Waals surface area contributed by atoms with Crippen molar-refractivity contribution in [2.75, 3.05) is 4.90 Å². The smallest absolute Gasteiger partial charge is 0.251 e. The van der Waals surface area contributed by atoms with Gasteiger partial charge in [-0.1, -0.05) is 37.3 Å². The van der Waals surface area contributed by atoms with E-state index in [1.807, 2.05) is 56.3 Å². The highest BCUT2D eigenvalue weighted by atomic mass is 16.2. The Kier molecular flexibility index (Phi) is 4.65. The molecule has 1 aliphatic rings. The Morgan fingerprint density at radius 2 is 1.96 bits per heavy atom. The normalized spacial score (nSPS) is 14.4. The van der Waals surface area contributed by atoms with E-state index in [-0.39, 0.29) is 17.9 Å². The number of carbonyl (C=O) groups is 2. The number of hydrogen-bond donors (Lipinski definition) is 1. The van der Waals surface area contributed by atoms with Crippen LogP contribution in [0.3, 0.4) is 0 Å². The first-order chi connectivity index (χ1) is 11.6.